The molecule has 2 heterocycles. The molecular formula is C18H25NO3. The Hall–Kier alpha value is -1.55. The number of piperidine rings is 1. The maximum absolute atomic E-state index is 12.3. The topological polar surface area (TPSA) is 38.8 Å². The first-order valence-electron chi connectivity index (χ1n) is 8.29. The highest BCUT2D eigenvalue weighted by atomic mass is 16.5. The van der Waals surface area contributed by atoms with Crippen LogP contribution in [0.5, 0.6) is 5.75 Å². The second-order valence-electron chi connectivity index (χ2n) is 6.32. The molecule has 4 heteroatoms. The summed E-state index contributed by atoms with van der Waals surface area (Å²) < 4.78 is 10.7. The average molecular weight is 303 g/mol. The number of hydrogen-bond donors (Lipinski definition) is 0. The second kappa shape index (κ2) is 7.14. The lowest BCUT2D eigenvalue weighted by atomic mass is 9.90. The quantitative estimate of drug-likeness (QED) is 0.858. The van der Waals surface area contributed by atoms with Crippen LogP contribution in [-0.4, -0.2) is 43.7 Å². The van der Waals surface area contributed by atoms with Crippen LogP contribution in [0.25, 0.3) is 0 Å². The van der Waals surface area contributed by atoms with Crippen molar-refractivity contribution < 1.29 is 14.3 Å². The lowest BCUT2D eigenvalue weighted by molar-refractivity contribution is -0.142. The van der Waals surface area contributed by atoms with Gasteiger partial charge in [0, 0.05) is 19.7 Å². The van der Waals surface area contributed by atoms with Crippen LogP contribution >= 0.6 is 0 Å². The number of hydrogen-bond acceptors (Lipinski definition) is 3. The molecule has 2 aliphatic heterocycles. The fraction of sp³-hybridized carbons (Fsp3) is 0.611. The molecule has 0 N–H and O–H groups in total. The summed E-state index contributed by atoms with van der Waals surface area (Å²) >= 11 is 0. The molecule has 0 spiro atoms. The molecule has 1 atom stereocenters. The molecule has 4 nitrogen and oxygen atoms in total. The number of carbonyl (C=O) groups excluding carboxylic acids is 1. The van der Waals surface area contributed by atoms with E-state index in [0.717, 1.165) is 57.6 Å². The lowest BCUT2D eigenvalue weighted by Crippen LogP contribution is -2.44. The van der Waals surface area contributed by atoms with Crippen LogP contribution in [0.3, 0.4) is 0 Å². The van der Waals surface area contributed by atoms with Crippen LogP contribution in [-0.2, 0) is 16.0 Å². The van der Waals surface area contributed by atoms with Gasteiger partial charge < -0.3 is 14.4 Å². The van der Waals surface area contributed by atoms with E-state index in [1.165, 1.54) is 5.56 Å². The summed E-state index contributed by atoms with van der Waals surface area (Å²) in [4.78, 5) is 14.3. The number of nitrogens with zero attached hydrogens (tertiary/aromatic N) is 1. The van der Waals surface area contributed by atoms with E-state index >= 15 is 0 Å². The third-order valence-electron chi connectivity index (χ3n) is 4.81. The number of rotatable bonds is 4. The zero-order valence-corrected chi connectivity index (χ0v) is 13.3. The van der Waals surface area contributed by atoms with Crippen molar-refractivity contribution in [3.63, 3.8) is 0 Å². The Morgan fingerprint density at radius 2 is 1.95 bits per heavy atom. The van der Waals surface area contributed by atoms with Crippen LogP contribution in [0.2, 0.25) is 0 Å². The highest BCUT2D eigenvalue weighted by Gasteiger charge is 2.30. The first kappa shape index (κ1) is 15.3. The minimum Gasteiger partial charge on any atom is -0.497 e. The van der Waals surface area contributed by atoms with Crippen LogP contribution in [0.15, 0.2) is 24.3 Å². The first-order valence-corrected chi connectivity index (χ1v) is 8.29. The Morgan fingerprint density at radius 3 is 2.55 bits per heavy atom. The van der Waals surface area contributed by atoms with E-state index in [-0.39, 0.29) is 12.0 Å². The van der Waals surface area contributed by atoms with Gasteiger partial charge >= 0.3 is 0 Å². The zero-order chi connectivity index (χ0) is 15.4. The van der Waals surface area contributed by atoms with E-state index in [0.29, 0.717) is 5.92 Å². The lowest BCUT2D eigenvalue weighted by Gasteiger charge is -2.33. The second-order valence-corrected chi connectivity index (χ2v) is 6.32. The molecule has 2 saturated heterocycles. The fourth-order valence-electron chi connectivity index (χ4n) is 3.43. The van der Waals surface area contributed by atoms with Crippen LogP contribution in [0.4, 0.5) is 0 Å². The third kappa shape index (κ3) is 3.61. The standard InChI is InChI=1S/C18H25NO3/c1-21-16-6-4-14(5-7-16)13-15-8-10-19(11-9-15)18(20)17-3-2-12-22-17/h4-7,15,17H,2-3,8-13H2,1H3. The highest BCUT2D eigenvalue weighted by Crippen LogP contribution is 2.24. The maximum Gasteiger partial charge on any atom is 0.251 e. The predicted octanol–water partition coefficient (Wildman–Crippen LogP) is 2.66. The average Bonchev–Trinajstić information content (AvgIpc) is 3.10. The normalized spacial score (nSPS) is 22.8. The highest BCUT2D eigenvalue weighted by molar-refractivity contribution is 5.81. The molecule has 0 radical (unpaired) electrons. The van der Waals surface area contributed by atoms with Crippen LogP contribution in [0.1, 0.15) is 31.2 Å². The van der Waals surface area contributed by atoms with Gasteiger partial charge in [0.2, 0.25) is 0 Å². The number of ether oxygens (including phenoxy) is 2. The van der Waals surface area contributed by atoms with Gasteiger partial charge in [-0.05, 0) is 55.7 Å². The van der Waals surface area contributed by atoms with E-state index < -0.39 is 0 Å². The predicted molar refractivity (Wildman–Crippen MR) is 85.0 cm³/mol. The fourth-order valence-corrected chi connectivity index (χ4v) is 3.43. The minimum atomic E-state index is -0.168. The molecule has 1 unspecified atom stereocenters. The Balaban J connectivity index is 1.47. The van der Waals surface area contributed by atoms with Gasteiger partial charge in [-0.3, -0.25) is 4.79 Å². The van der Waals surface area contributed by atoms with E-state index in [1.54, 1.807) is 7.11 Å². The summed E-state index contributed by atoms with van der Waals surface area (Å²) in [5.41, 5.74) is 1.35. The Bertz CT molecular complexity index is 486. The molecule has 0 aromatic heterocycles. The zero-order valence-electron chi connectivity index (χ0n) is 13.3. The largest absolute Gasteiger partial charge is 0.497 e. The number of likely N-dealkylation sites (tertiary alicyclic amines) is 1. The van der Waals surface area contributed by atoms with Gasteiger partial charge in [-0.15, -0.1) is 0 Å². The molecule has 1 aromatic carbocycles. The molecule has 22 heavy (non-hydrogen) atoms. The smallest absolute Gasteiger partial charge is 0.251 e. The van der Waals surface area contributed by atoms with Crippen molar-refractivity contribution in [3.05, 3.63) is 29.8 Å². The van der Waals surface area contributed by atoms with Crippen molar-refractivity contribution in [2.75, 3.05) is 26.8 Å². The van der Waals surface area contributed by atoms with Gasteiger partial charge in [0.1, 0.15) is 11.9 Å². The van der Waals surface area contributed by atoms with Gasteiger partial charge in [-0.2, -0.15) is 0 Å². The summed E-state index contributed by atoms with van der Waals surface area (Å²) in [6, 6.07) is 8.32. The van der Waals surface area contributed by atoms with E-state index in [4.69, 9.17) is 9.47 Å². The Kier molecular flexibility index (Phi) is 4.98. The summed E-state index contributed by atoms with van der Waals surface area (Å²) in [6.07, 6.45) is 5.01. The van der Waals surface area contributed by atoms with Crippen molar-refractivity contribution in [2.45, 2.75) is 38.2 Å². The van der Waals surface area contributed by atoms with Crippen molar-refractivity contribution in [3.8, 4) is 5.75 Å². The van der Waals surface area contributed by atoms with E-state index in [9.17, 15) is 4.79 Å². The molecular weight excluding hydrogens is 278 g/mol. The van der Waals surface area contributed by atoms with Gasteiger partial charge in [-0.1, -0.05) is 12.1 Å². The summed E-state index contributed by atoms with van der Waals surface area (Å²) in [6.45, 7) is 2.49. The van der Waals surface area contributed by atoms with Crippen LogP contribution in [0, 0.1) is 5.92 Å². The summed E-state index contributed by atoms with van der Waals surface area (Å²) in [7, 11) is 1.69. The summed E-state index contributed by atoms with van der Waals surface area (Å²) in [5.74, 6) is 1.78. The number of amides is 1. The monoisotopic (exact) mass is 303 g/mol. The molecule has 3 rings (SSSR count). The molecule has 2 fully saturated rings. The molecule has 2 aliphatic rings. The van der Waals surface area contributed by atoms with Crippen molar-refractivity contribution in [1.82, 2.24) is 4.90 Å². The van der Waals surface area contributed by atoms with Crippen molar-refractivity contribution in [1.29, 1.82) is 0 Å². The molecule has 1 aromatic rings. The number of carbonyl (C=O) groups is 1. The first-order chi connectivity index (χ1) is 10.8. The van der Waals surface area contributed by atoms with E-state index in [2.05, 4.69) is 12.1 Å². The number of benzene rings is 1. The molecule has 0 bridgehead atoms. The number of methoxy groups -OCH3 is 1. The van der Waals surface area contributed by atoms with Crippen molar-refractivity contribution in [2.24, 2.45) is 5.92 Å². The van der Waals surface area contributed by atoms with Crippen molar-refractivity contribution >= 4 is 5.91 Å². The Morgan fingerprint density at radius 1 is 1.23 bits per heavy atom. The van der Waals surface area contributed by atoms with Crippen LogP contribution < -0.4 is 4.74 Å². The third-order valence-corrected chi connectivity index (χ3v) is 4.81. The van der Waals surface area contributed by atoms with Gasteiger partial charge in [-0.25, -0.2) is 0 Å². The maximum atomic E-state index is 12.3. The Labute approximate surface area is 132 Å². The molecule has 120 valence electrons. The molecule has 0 aliphatic carbocycles. The van der Waals surface area contributed by atoms with Gasteiger partial charge in [0.05, 0.1) is 7.11 Å². The van der Waals surface area contributed by atoms with E-state index in [1.807, 2.05) is 17.0 Å². The minimum absolute atomic E-state index is 0.168. The van der Waals surface area contributed by atoms with Gasteiger partial charge in [0.25, 0.3) is 5.91 Å². The van der Waals surface area contributed by atoms with Gasteiger partial charge in [0.15, 0.2) is 0 Å². The summed E-state index contributed by atoms with van der Waals surface area (Å²) in [5, 5.41) is 0. The SMILES string of the molecule is COc1ccc(CC2CCN(C(=O)C3CCCO3)CC2)cc1. The molecule has 0 saturated carbocycles. The molecule has 1 amide bonds.